The summed E-state index contributed by atoms with van der Waals surface area (Å²) < 4.78 is 0.647. The number of hydrogen-bond donors (Lipinski definition) is 3. The van der Waals surface area contributed by atoms with Gasteiger partial charge in [0, 0.05) is 23.3 Å². The number of hydrogen-bond acceptors (Lipinski definition) is 10. The van der Waals surface area contributed by atoms with E-state index in [1.54, 1.807) is 0 Å². The van der Waals surface area contributed by atoms with E-state index < -0.39 is 23.3 Å². The van der Waals surface area contributed by atoms with Gasteiger partial charge in [-0.2, -0.15) is 0 Å². The molecule has 14 heteroatoms. The average Bonchev–Trinajstić information content (AvgIpc) is 3.45. The molecular formula is C19H19N5O5S4. The summed E-state index contributed by atoms with van der Waals surface area (Å²) in [4.78, 5) is 50.2. The molecule has 3 amide bonds. The molecule has 10 nitrogen and oxygen atoms in total. The lowest BCUT2D eigenvalue weighted by Gasteiger charge is -2.49. The summed E-state index contributed by atoms with van der Waals surface area (Å²) >= 11 is 5.55. The molecule has 0 bridgehead atoms. The normalized spacial score (nSPS) is 19.7. The van der Waals surface area contributed by atoms with E-state index in [4.69, 9.17) is 0 Å². The van der Waals surface area contributed by atoms with Crippen molar-refractivity contribution in [2.75, 3.05) is 11.5 Å². The molecule has 174 valence electrons. The molecule has 0 aliphatic carbocycles. The van der Waals surface area contributed by atoms with Crippen LogP contribution in [0.3, 0.4) is 0 Å². The minimum Gasteiger partial charge on any atom is -0.477 e. The molecule has 0 saturated carbocycles. The van der Waals surface area contributed by atoms with Crippen LogP contribution in [0.5, 0.6) is 0 Å². The van der Waals surface area contributed by atoms with E-state index >= 15 is 0 Å². The largest absolute Gasteiger partial charge is 0.477 e. The molecule has 2 aromatic rings. The van der Waals surface area contributed by atoms with Gasteiger partial charge in [0.25, 0.3) is 5.91 Å². The predicted octanol–water partition coefficient (Wildman–Crippen LogP) is 1.31. The van der Waals surface area contributed by atoms with Crippen molar-refractivity contribution >= 4 is 69.9 Å². The SMILES string of the molecule is CC(=O)NCc1nnc(SCC2=C(C(=O)O)N3C(=O)C(NC(=O)Cc4cccs4)C3SC2)s1. The quantitative estimate of drug-likeness (QED) is 0.326. The zero-order chi connectivity index (χ0) is 23.5. The van der Waals surface area contributed by atoms with Gasteiger partial charge in [0.2, 0.25) is 11.8 Å². The van der Waals surface area contributed by atoms with Gasteiger partial charge in [-0.1, -0.05) is 29.2 Å². The number of aliphatic carboxylic acids is 1. The van der Waals surface area contributed by atoms with E-state index in [9.17, 15) is 24.3 Å². The highest BCUT2D eigenvalue weighted by Crippen LogP contribution is 2.41. The molecule has 2 unspecified atom stereocenters. The number of β-lactam (4-membered cyclic amide) rings is 1. The van der Waals surface area contributed by atoms with Crippen LogP contribution < -0.4 is 10.6 Å². The monoisotopic (exact) mass is 525 g/mol. The van der Waals surface area contributed by atoms with E-state index in [1.807, 2.05) is 17.5 Å². The van der Waals surface area contributed by atoms with Crippen molar-refractivity contribution in [1.29, 1.82) is 0 Å². The van der Waals surface area contributed by atoms with Crippen molar-refractivity contribution in [3.8, 4) is 0 Å². The molecular weight excluding hydrogens is 507 g/mol. The molecule has 33 heavy (non-hydrogen) atoms. The van der Waals surface area contributed by atoms with Crippen molar-refractivity contribution < 1.29 is 24.3 Å². The topological polar surface area (TPSA) is 142 Å². The number of nitrogens with one attached hydrogen (secondary N) is 2. The second-order valence-electron chi connectivity index (χ2n) is 7.13. The standard InChI is InChI=1S/C19H19N5O5S4/c1-9(25)20-6-13-22-23-19(33-13)32-8-10-7-31-17-14(16(27)24(17)15(10)18(28)29)21-12(26)5-11-3-2-4-30-11/h2-4,14,17H,5-8H2,1H3,(H,20,25)(H,21,26)(H,28,29). The van der Waals surface area contributed by atoms with Crippen molar-refractivity contribution in [2.24, 2.45) is 0 Å². The Kier molecular flexibility index (Phi) is 7.36. The second kappa shape index (κ2) is 10.2. The first-order valence-corrected chi connectivity index (χ1v) is 13.5. The fourth-order valence-corrected chi connectivity index (χ4v) is 7.33. The third kappa shape index (κ3) is 5.39. The average molecular weight is 526 g/mol. The number of carboxylic acid groups (broad SMARTS) is 1. The molecule has 2 aliphatic heterocycles. The fraction of sp³-hybridized carbons (Fsp3) is 0.368. The minimum atomic E-state index is -1.17. The van der Waals surface area contributed by atoms with Gasteiger partial charge in [-0.15, -0.1) is 33.3 Å². The lowest BCUT2D eigenvalue weighted by molar-refractivity contribution is -0.150. The third-order valence-corrected chi connectivity index (χ3v) is 9.15. The first-order chi connectivity index (χ1) is 15.8. The number of thiophene rings is 1. The van der Waals surface area contributed by atoms with Crippen LogP contribution in [-0.2, 0) is 32.1 Å². The Morgan fingerprint density at radius 1 is 1.33 bits per heavy atom. The summed E-state index contributed by atoms with van der Waals surface area (Å²) in [6.45, 7) is 1.71. The van der Waals surface area contributed by atoms with E-state index in [-0.39, 0.29) is 30.5 Å². The summed E-state index contributed by atoms with van der Waals surface area (Å²) in [5.41, 5.74) is 0.590. The highest BCUT2D eigenvalue weighted by atomic mass is 32.2. The van der Waals surface area contributed by atoms with Crippen molar-refractivity contribution in [3.05, 3.63) is 38.7 Å². The summed E-state index contributed by atoms with van der Waals surface area (Å²) in [5.74, 6) is -1.24. The van der Waals surface area contributed by atoms with Crippen LogP contribution in [0.1, 0.15) is 16.8 Å². The Bertz CT molecular complexity index is 1120. The van der Waals surface area contributed by atoms with E-state index in [2.05, 4.69) is 20.8 Å². The number of carboxylic acids is 1. The molecule has 3 N–H and O–H groups in total. The molecule has 2 atom stereocenters. The highest BCUT2D eigenvalue weighted by Gasteiger charge is 2.54. The first kappa shape index (κ1) is 23.7. The summed E-state index contributed by atoms with van der Waals surface area (Å²) in [6.07, 6.45) is 0.189. The van der Waals surface area contributed by atoms with Gasteiger partial charge in [-0.05, 0) is 17.0 Å². The number of carbonyl (C=O) groups excluding carboxylic acids is 3. The van der Waals surface area contributed by atoms with Crippen LogP contribution in [0, 0.1) is 0 Å². The summed E-state index contributed by atoms with van der Waals surface area (Å²) in [7, 11) is 0. The number of fused-ring (bicyclic) bond motifs is 1. The molecule has 0 radical (unpaired) electrons. The number of carbonyl (C=O) groups is 4. The predicted molar refractivity (Wildman–Crippen MR) is 126 cm³/mol. The van der Waals surface area contributed by atoms with Gasteiger partial charge in [0.15, 0.2) is 4.34 Å². The van der Waals surface area contributed by atoms with Crippen LogP contribution in [0.4, 0.5) is 0 Å². The van der Waals surface area contributed by atoms with Gasteiger partial charge in [-0.3, -0.25) is 19.3 Å². The summed E-state index contributed by atoms with van der Waals surface area (Å²) in [5, 5.41) is 25.4. The zero-order valence-corrected chi connectivity index (χ0v) is 20.5. The fourth-order valence-electron chi connectivity index (χ4n) is 3.31. The Morgan fingerprint density at radius 2 is 2.15 bits per heavy atom. The van der Waals surface area contributed by atoms with Crippen LogP contribution >= 0.6 is 46.2 Å². The van der Waals surface area contributed by atoms with Crippen LogP contribution in [0.15, 0.2) is 33.1 Å². The van der Waals surface area contributed by atoms with E-state index in [0.717, 1.165) is 4.88 Å². The first-order valence-electron chi connectivity index (χ1n) is 9.75. The van der Waals surface area contributed by atoms with Crippen LogP contribution in [-0.4, -0.2) is 66.8 Å². The van der Waals surface area contributed by atoms with Gasteiger partial charge < -0.3 is 15.7 Å². The van der Waals surface area contributed by atoms with Crippen molar-refractivity contribution in [1.82, 2.24) is 25.7 Å². The van der Waals surface area contributed by atoms with Gasteiger partial charge >= 0.3 is 5.97 Å². The molecule has 2 aliphatic rings. The van der Waals surface area contributed by atoms with Crippen molar-refractivity contribution in [2.45, 2.75) is 35.6 Å². The molecule has 0 spiro atoms. The van der Waals surface area contributed by atoms with Gasteiger partial charge in [0.1, 0.15) is 22.1 Å². The number of rotatable bonds is 9. The molecule has 4 rings (SSSR count). The smallest absolute Gasteiger partial charge is 0.352 e. The molecule has 4 heterocycles. The molecule has 0 aromatic carbocycles. The number of aromatic nitrogens is 2. The zero-order valence-electron chi connectivity index (χ0n) is 17.3. The van der Waals surface area contributed by atoms with Crippen LogP contribution in [0.2, 0.25) is 0 Å². The molecule has 1 saturated heterocycles. The Morgan fingerprint density at radius 3 is 2.85 bits per heavy atom. The number of thioether (sulfide) groups is 2. The maximum Gasteiger partial charge on any atom is 0.352 e. The molecule has 1 fully saturated rings. The lowest BCUT2D eigenvalue weighted by Crippen LogP contribution is -2.70. The maximum absolute atomic E-state index is 12.7. The lowest BCUT2D eigenvalue weighted by atomic mass is 10.0. The summed E-state index contributed by atoms with van der Waals surface area (Å²) in [6, 6.07) is 2.98. The van der Waals surface area contributed by atoms with Gasteiger partial charge in [0.05, 0.1) is 13.0 Å². The Balaban J connectivity index is 1.39. The third-order valence-electron chi connectivity index (χ3n) is 4.79. The highest BCUT2D eigenvalue weighted by molar-refractivity contribution is 8.01. The van der Waals surface area contributed by atoms with E-state index in [1.165, 1.54) is 58.0 Å². The minimum absolute atomic E-state index is 0.0250. The van der Waals surface area contributed by atoms with Gasteiger partial charge in [-0.25, -0.2) is 4.79 Å². The van der Waals surface area contributed by atoms with E-state index in [0.29, 0.717) is 26.4 Å². The van der Waals surface area contributed by atoms with Crippen LogP contribution in [0.25, 0.3) is 0 Å². The molecule has 2 aromatic heterocycles. The maximum atomic E-state index is 12.7. The second-order valence-corrected chi connectivity index (χ2v) is 11.6. The van der Waals surface area contributed by atoms with Crippen molar-refractivity contribution in [3.63, 3.8) is 0 Å². The Labute approximate surface area is 205 Å². The number of amides is 3. The Hall–Kier alpha value is -2.42. The number of nitrogens with zero attached hydrogens (tertiary/aromatic N) is 3.